The molecule has 0 radical (unpaired) electrons. The second kappa shape index (κ2) is 8.04. The van der Waals surface area contributed by atoms with E-state index in [-0.39, 0.29) is 11.9 Å². The molecule has 0 bridgehead atoms. The molecule has 140 valence electrons. The van der Waals surface area contributed by atoms with Gasteiger partial charge in [-0.05, 0) is 75.3 Å². The van der Waals surface area contributed by atoms with Gasteiger partial charge in [0.2, 0.25) is 0 Å². The van der Waals surface area contributed by atoms with Gasteiger partial charge in [0.15, 0.2) is 0 Å². The first-order valence-corrected chi connectivity index (χ1v) is 9.35. The van der Waals surface area contributed by atoms with Gasteiger partial charge in [-0.15, -0.1) is 0 Å². The molecule has 3 rings (SSSR count). The fourth-order valence-corrected chi connectivity index (χ4v) is 3.80. The fraction of sp³-hybridized carbons (Fsp3) is 0.524. The fourth-order valence-electron chi connectivity index (χ4n) is 3.80. The summed E-state index contributed by atoms with van der Waals surface area (Å²) in [6.07, 6.45) is 5.93. The molecule has 0 aliphatic heterocycles. The minimum atomic E-state index is -0.711. The second-order valence-corrected chi connectivity index (χ2v) is 7.10. The van der Waals surface area contributed by atoms with Crippen molar-refractivity contribution in [2.75, 3.05) is 13.7 Å². The van der Waals surface area contributed by atoms with Crippen LogP contribution in [0.3, 0.4) is 0 Å². The van der Waals surface area contributed by atoms with E-state index in [9.17, 15) is 9.90 Å². The molecule has 26 heavy (non-hydrogen) atoms. The van der Waals surface area contributed by atoms with Crippen LogP contribution in [0.25, 0.3) is 10.9 Å². The first-order valence-electron chi connectivity index (χ1n) is 9.35. The Balaban J connectivity index is 1.66. The first-order chi connectivity index (χ1) is 12.5. The molecule has 2 aromatic rings. The number of carbonyl (C=O) groups is 1. The number of esters is 1. The van der Waals surface area contributed by atoms with E-state index < -0.39 is 5.60 Å². The highest BCUT2D eigenvalue weighted by atomic mass is 16.5. The van der Waals surface area contributed by atoms with Crippen LogP contribution in [0.2, 0.25) is 0 Å². The number of fused-ring (bicyclic) bond motifs is 1. The summed E-state index contributed by atoms with van der Waals surface area (Å²) in [6.45, 7) is 2.24. The number of carbonyl (C=O) groups excluding carboxylic acids is 1. The van der Waals surface area contributed by atoms with Crippen molar-refractivity contribution in [3.63, 3.8) is 0 Å². The van der Waals surface area contributed by atoms with Gasteiger partial charge < -0.3 is 14.6 Å². The molecule has 0 saturated heterocycles. The molecule has 1 heterocycles. The van der Waals surface area contributed by atoms with E-state index in [1.807, 2.05) is 37.4 Å². The molecule has 0 atom stereocenters. The van der Waals surface area contributed by atoms with Crippen molar-refractivity contribution in [3.8, 4) is 5.75 Å². The molecule has 1 N–H and O–H groups in total. The number of aromatic nitrogens is 1. The van der Waals surface area contributed by atoms with Gasteiger partial charge in [-0.2, -0.15) is 0 Å². The standard InChI is InChI=1S/C21H27NO4/c1-3-26-20(23)16-7-11-21(24,12-8-16)10-6-15-9-13-22-19-5-4-17(25-2)14-18(15)19/h4-5,9,13-14,16,24H,3,6-8,10-12H2,1-2H3/t16-,21-. The quantitative estimate of drug-likeness (QED) is 0.799. The molecule has 1 aliphatic carbocycles. The van der Waals surface area contributed by atoms with Gasteiger partial charge in [-0.3, -0.25) is 9.78 Å². The Labute approximate surface area is 154 Å². The van der Waals surface area contributed by atoms with E-state index >= 15 is 0 Å². The Morgan fingerprint density at radius 2 is 2.08 bits per heavy atom. The summed E-state index contributed by atoms with van der Waals surface area (Å²) in [4.78, 5) is 16.3. The van der Waals surface area contributed by atoms with Crippen molar-refractivity contribution in [3.05, 3.63) is 36.0 Å². The summed E-state index contributed by atoms with van der Waals surface area (Å²) in [5.41, 5.74) is 1.38. The predicted octanol–water partition coefficient (Wildman–Crippen LogP) is 3.66. The molecule has 0 spiro atoms. The van der Waals surface area contributed by atoms with E-state index in [1.165, 1.54) is 0 Å². The third kappa shape index (κ3) is 4.15. The number of aryl methyl sites for hydroxylation is 1. The molecule has 0 amide bonds. The molecular weight excluding hydrogens is 330 g/mol. The number of rotatable bonds is 6. The zero-order valence-corrected chi connectivity index (χ0v) is 15.5. The van der Waals surface area contributed by atoms with Crippen LogP contribution in [0.5, 0.6) is 5.75 Å². The maximum absolute atomic E-state index is 11.9. The Morgan fingerprint density at radius 1 is 1.31 bits per heavy atom. The van der Waals surface area contributed by atoms with Gasteiger partial charge in [-0.25, -0.2) is 0 Å². The number of aliphatic hydroxyl groups is 1. The van der Waals surface area contributed by atoms with Gasteiger partial charge in [0.1, 0.15) is 5.75 Å². The third-order valence-electron chi connectivity index (χ3n) is 5.43. The number of hydrogen-bond donors (Lipinski definition) is 1. The molecule has 1 saturated carbocycles. The predicted molar refractivity (Wildman–Crippen MR) is 100 cm³/mol. The summed E-state index contributed by atoms with van der Waals surface area (Å²) in [6, 6.07) is 7.87. The van der Waals surface area contributed by atoms with Crippen LogP contribution in [-0.2, 0) is 16.0 Å². The minimum Gasteiger partial charge on any atom is -0.497 e. The van der Waals surface area contributed by atoms with Crippen LogP contribution in [-0.4, -0.2) is 35.4 Å². The number of ether oxygens (including phenoxy) is 2. The molecule has 5 nitrogen and oxygen atoms in total. The minimum absolute atomic E-state index is 0.0683. The van der Waals surface area contributed by atoms with Gasteiger partial charge in [0, 0.05) is 11.6 Å². The van der Waals surface area contributed by atoms with Crippen molar-refractivity contribution in [1.82, 2.24) is 4.98 Å². The zero-order chi connectivity index (χ0) is 18.6. The van der Waals surface area contributed by atoms with Crippen LogP contribution in [0.15, 0.2) is 30.5 Å². The van der Waals surface area contributed by atoms with E-state index in [1.54, 1.807) is 7.11 Å². The third-order valence-corrected chi connectivity index (χ3v) is 5.43. The summed E-state index contributed by atoms with van der Waals surface area (Å²) < 4.78 is 10.4. The lowest BCUT2D eigenvalue weighted by Gasteiger charge is -2.35. The average Bonchev–Trinajstić information content (AvgIpc) is 2.66. The lowest BCUT2D eigenvalue weighted by Crippen LogP contribution is -2.37. The number of benzene rings is 1. The van der Waals surface area contributed by atoms with E-state index in [4.69, 9.17) is 9.47 Å². The van der Waals surface area contributed by atoms with Gasteiger partial charge in [0.05, 0.1) is 30.8 Å². The maximum atomic E-state index is 11.9. The largest absolute Gasteiger partial charge is 0.497 e. The van der Waals surface area contributed by atoms with Crippen LogP contribution in [0.1, 0.15) is 44.6 Å². The molecule has 0 unspecified atom stereocenters. The molecular formula is C21H27NO4. The molecule has 1 aromatic heterocycles. The summed E-state index contributed by atoms with van der Waals surface area (Å²) in [5.74, 6) is 0.614. The summed E-state index contributed by atoms with van der Waals surface area (Å²) >= 11 is 0. The maximum Gasteiger partial charge on any atom is 0.308 e. The number of pyridine rings is 1. The Kier molecular flexibility index (Phi) is 5.77. The Bertz CT molecular complexity index is 766. The number of nitrogens with zero attached hydrogens (tertiary/aromatic N) is 1. The highest BCUT2D eigenvalue weighted by Gasteiger charge is 2.36. The van der Waals surface area contributed by atoms with Crippen LogP contribution >= 0.6 is 0 Å². The SMILES string of the molecule is CCOC(=O)[C@H]1CC[C@@](O)(CCc2ccnc3ccc(OC)cc23)CC1. The highest BCUT2D eigenvalue weighted by Crippen LogP contribution is 2.36. The van der Waals surface area contributed by atoms with E-state index in [0.717, 1.165) is 28.6 Å². The van der Waals surface area contributed by atoms with E-state index in [0.29, 0.717) is 38.7 Å². The topological polar surface area (TPSA) is 68.7 Å². The lowest BCUT2D eigenvalue weighted by atomic mass is 9.76. The van der Waals surface area contributed by atoms with Gasteiger partial charge >= 0.3 is 5.97 Å². The van der Waals surface area contributed by atoms with Crippen LogP contribution in [0.4, 0.5) is 0 Å². The Morgan fingerprint density at radius 3 is 2.77 bits per heavy atom. The lowest BCUT2D eigenvalue weighted by molar-refractivity contribution is -0.151. The van der Waals surface area contributed by atoms with Gasteiger partial charge in [-0.1, -0.05) is 0 Å². The molecule has 1 aliphatic rings. The highest BCUT2D eigenvalue weighted by molar-refractivity contribution is 5.83. The van der Waals surface area contributed by atoms with E-state index in [2.05, 4.69) is 4.98 Å². The monoisotopic (exact) mass is 357 g/mol. The smallest absolute Gasteiger partial charge is 0.308 e. The van der Waals surface area contributed by atoms with Crippen molar-refractivity contribution in [2.45, 2.75) is 51.0 Å². The molecule has 5 heteroatoms. The molecule has 1 aromatic carbocycles. The van der Waals surface area contributed by atoms with Crippen molar-refractivity contribution in [2.24, 2.45) is 5.92 Å². The Hall–Kier alpha value is -2.14. The van der Waals surface area contributed by atoms with Crippen LogP contribution < -0.4 is 4.74 Å². The van der Waals surface area contributed by atoms with Crippen molar-refractivity contribution in [1.29, 1.82) is 0 Å². The number of methoxy groups -OCH3 is 1. The number of hydrogen-bond acceptors (Lipinski definition) is 5. The van der Waals surface area contributed by atoms with Crippen LogP contribution in [0, 0.1) is 5.92 Å². The second-order valence-electron chi connectivity index (χ2n) is 7.10. The first kappa shape index (κ1) is 18.6. The summed E-state index contributed by atoms with van der Waals surface area (Å²) in [5, 5.41) is 12.0. The normalized spacial score (nSPS) is 23.0. The zero-order valence-electron chi connectivity index (χ0n) is 15.5. The van der Waals surface area contributed by atoms with Crippen molar-refractivity contribution >= 4 is 16.9 Å². The van der Waals surface area contributed by atoms with Crippen molar-refractivity contribution < 1.29 is 19.4 Å². The van der Waals surface area contributed by atoms with Gasteiger partial charge in [0.25, 0.3) is 0 Å². The molecule has 1 fully saturated rings. The average molecular weight is 357 g/mol. The summed E-state index contributed by atoms with van der Waals surface area (Å²) in [7, 11) is 1.65.